The van der Waals surface area contributed by atoms with Gasteiger partial charge in [-0.1, -0.05) is 43.7 Å². The highest BCUT2D eigenvalue weighted by Crippen LogP contribution is 2.26. The van der Waals surface area contributed by atoms with E-state index in [2.05, 4.69) is 35.7 Å². The van der Waals surface area contributed by atoms with Gasteiger partial charge in [-0.15, -0.1) is 0 Å². The van der Waals surface area contributed by atoms with Crippen LogP contribution in [0.3, 0.4) is 0 Å². The number of nitrogens with zero attached hydrogens (tertiary/aromatic N) is 1. The number of hydrogen-bond donors (Lipinski definition) is 1. The van der Waals surface area contributed by atoms with Gasteiger partial charge in [0.05, 0.1) is 12.8 Å². The fourth-order valence-corrected chi connectivity index (χ4v) is 1.99. The molecule has 2 rings (SSSR count). The predicted octanol–water partition coefficient (Wildman–Crippen LogP) is 3.57. The Morgan fingerprint density at radius 3 is 2.84 bits per heavy atom. The Bertz CT molecular complexity index is 564. The summed E-state index contributed by atoms with van der Waals surface area (Å²) in [5.74, 6) is 0.895. The second kappa shape index (κ2) is 6.78. The highest BCUT2D eigenvalue weighted by molar-refractivity contribution is 6.02. The Kier molecular flexibility index (Phi) is 4.78. The van der Waals surface area contributed by atoms with E-state index in [0.29, 0.717) is 0 Å². The zero-order chi connectivity index (χ0) is 13.5. The summed E-state index contributed by atoms with van der Waals surface area (Å²) in [6, 6.07) is 12.4. The van der Waals surface area contributed by atoms with Crippen LogP contribution in [-0.4, -0.2) is 19.9 Å². The van der Waals surface area contributed by atoms with E-state index >= 15 is 0 Å². The molecule has 19 heavy (non-hydrogen) atoms. The van der Waals surface area contributed by atoms with Crippen LogP contribution in [-0.2, 0) is 0 Å². The smallest absolute Gasteiger partial charge is 0.128 e. The monoisotopic (exact) mass is 256 g/mol. The summed E-state index contributed by atoms with van der Waals surface area (Å²) < 4.78 is 5.86. The lowest BCUT2D eigenvalue weighted by atomic mass is 10.0. The third kappa shape index (κ3) is 3.25. The molecule has 2 aromatic carbocycles. The first-order valence-corrected chi connectivity index (χ1v) is 6.71. The van der Waals surface area contributed by atoms with Crippen molar-refractivity contribution in [2.24, 2.45) is 5.10 Å². The van der Waals surface area contributed by atoms with Crippen molar-refractivity contribution in [2.45, 2.75) is 19.8 Å². The molecule has 0 aliphatic rings. The Balaban J connectivity index is 2.41. The first-order valence-electron chi connectivity index (χ1n) is 6.71. The zero-order valence-corrected chi connectivity index (χ0v) is 11.5. The second-order valence-electron chi connectivity index (χ2n) is 4.38. The van der Waals surface area contributed by atoms with Gasteiger partial charge in [0, 0.05) is 12.6 Å². The summed E-state index contributed by atoms with van der Waals surface area (Å²) in [6.45, 7) is 2.91. The molecule has 0 aromatic heterocycles. The van der Waals surface area contributed by atoms with Crippen LogP contribution in [0.1, 0.15) is 25.3 Å². The summed E-state index contributed by atoms with van der Waals surface area (Å²) >= 11 is 0. The number of rotatable bonds is 6. The summed E-state index contributed by atoms with van der Waals surface area (Å²) in [5.41, 5.74) is 3.82. The van der Waals surface area contributed by atoms with Crippen LogP contribution in [0.5, 0.6) is 5.75 Å². The normalized spacial score (nSPS) is 11.1. The molecule has 0 aliphatic heterocycles. The number of benzene rings is 2. The third-order valence-electron chi connectivity index (χ3n) is 3.01. The van der Waals surface area contributed by atoms with Crippen LogP contribution in [0.25, 0.3) is 10.8 Å². The van der Waals surface area contributed by atoms with Gasteiger partial charge in [-0.25, -0.2) is 0 Å². The van der Waals surface area contributed by atoms with E-state index in [0.717, 1.165) is 36.1 Å². The summed E-state index contributed by atoms with van der Waals surface area (Å²) in [6.07, 6.45) is 4.02. The number of nitrogens with one attached hydrogen (secondary N) is 1. The summed E-state index contributed by atoms with van der Waals surface area (Å²) in [4.78, 5) is 0. The van der Waals surface area contributed by atoms with E-state index in [1.54, 1.807) is 7.05 Å². The van der Waals surface area contributed by atoms with Crippen molar-refractivity contribution in [3.63, 3.8) is 0 Å². The molecule has 0 saturated carbocycles. The number of hydrogen-bond acceptors (Lipinski definition) is 3. The largest absolute Gasteiger partial charge is 0.493 e. The van der Waals surface area contributed by atoms with E-state index in [1.807, 2.05) is 24.4 Å². The SMILES string of the molecule is CCCCOc1ccc2ccccc2c1/C=N/NC. The molecule has 3 nitrogen and oxygen atoms in total. The molecule has 2 aromatic rings. The molecule has 1 N–H and O–H groups in total. The van der Waals surface area contributed by atoms with Crippen molar-refractivity contribution < 1.29 is 4.74 Å². The Morgan fingerprint density at radius 1 is 1.21 bits per heavy atom. The maximum atomic E-state index is 5.86. The maximum absolute atomic E-state index is 5.86. The van der Waals surface area contributed by atoms with Gasteiger partial charge in [0.25, 0.3) is 0 Å². The van der Waals surface area contributed by atoms with Gasteiger partial charge >= 0.3 is 0 Å². The lowest BCUT2D eigenvalue weighted by Gasteiger charge is -2.11. The summed E-state index contributed by atoms with van der Waals surface area (Å²) in [5, 5.41) is 6.49. The molecule has 0 atom stereocenters. The van der Waals surface area contributed by atoms with Gasteiger partial charge in [-0.3, -0.25) is 0 Å². The molecule has 0 aliphatic carbocycles. The number of unbranched alkanes of at least 4 members (excludes halogenated alkanes) is 1. The van der Waals surface area contributed by atoms with Crippen molar-refractivity contribution >= 4 is 17.0 Å². The van der Waals surface area contributed by atoms with Crippen LogP contribution in [0.15, 0.2) is 41.5 Å². The van der Waals surface area contributed by atoms with Gasteiger partial charge in [-0.2, -0.15) is 5.10 Å². The average molecular weight is 256 g/mol. The number of fused-ring (bicyclic) bond motifs is 1. The van der Waals surface area contributed by atoms with E-state index in [9.17, 15) is 0 Å². The first-order chi connectivity index (χ1) is 9.36. The molecule has 0 bridgehead atoms. The lowest BCUT2D eigenvalue weighted by molar-refractivity contribution is 0.309. The van der Waals surface area contributed by atoms with Crippen molar-refractivity contribution in [3.05, 3.63) is 42.0 Å². The van der Waals surface area contributed by atoms with E-state index in [1.165, 1.54) is 5.39 Å². The molecule has 0 unspecified atom stereocenters. The molecule has 0 heterocycles. The molecule has 0 radical (unpaired) electrons. The number of ether oxygens (including phenoxy) is 1. The minimum Gasteiger partial charge on any atom is -0.493 e. The third-order valence-corrected chi connectivity index (χ3v) is 3.01. The van der Waals surface area contributed by atoms with Gasteiger partial charge < -0.3 is 10.2 Å². The first kappa shape index (κ1) is 13.4. The molecule has 0 amide bonds. The molecule has 0 saturated heterocycles. The topological polar surface area (TPSA) is 33.6 Å². The Labute approximate surface area is 114 Å². The highest BCUT2D eigenvalue weighted by atomic mass is 16.5. The molecule has 100 valence electrons. The van der Waals surface area contributed by atoms with Crippen molar-refractivity contribution in [2.75, 3.05) is 13.7 Å². The van der Waals surface area contributed by atoms with Crippen LogP contribution in [0, 0.1) is 0 Å². The fourth-order valence-electron chi connectivity index (χ4n) is 1.99. The van der Waals surface area contributed by atoms with Crippen LogP contribution in [0.2, 0.25) is 0 Å². The van der Waals surface area contributed by atoms with Gasteiger partial charge in [0.15, 0.2) is 0 Å². The molecule has 0 fully saturated rings. The van der Waals surface area contributed by atoms with Crippen molar-refractivity contribution in [1.29, 1.82) is 0 Å². The van der Waals surface area contributed by atoms with Crippen molar-refractivity contribution in [1.82, 2.24) is 5.43 Å². The van der Waals surface area contributed by atoms with Crippen LogP contribution >= 0.6 is 0 Å². The highest BCUT2D eigenvalue weighted by Gasteiger charge is 2.06. The summed E-state index contributed by atoms with van der Waals surface area (Å²) in [7, 11) is 1.79. The zero-order valence-electron chi connectivity index (χ0n) is 11.5. The number of hydrazone groups is 1. The Hall–Kier alpha value is -2.03. The van der Waals surface area contributed by atoms with E-state index < -0.39 is 0 Å². The minimum absolute atomic E-state index is 0.745. The molecular weight excluding hydrogens is 236 g/mol. The van der Waals surface area contributed by atoms with Crippen LogP contribution < -0.4 is 10.2 Å². The Morgan fingerprint density at radius 2 is 2.05 bits per heavy atom. The molecular formula is C16H20N2O. The minimum atomic E-state index is 0.745. The maximum Gasteiger partial charge on any atom is 0.128 e. The quantitative estimate of drug-likeness (QED) is 0.487. The van der Waals surface area contributed by atoms with Crippen LogP contribution in [0.4, 0.5) is 0 Å². The standard InChI is InChI=1S/C16H20N2O/c1-3-4-11-19-16-10-9-13-7-5-6-8-14(13)15(16)12-18-17-2/h5-10,12,17H,3-4,11H2,1-2H3/b18-12+. The molecule has 0 spiro atoms. The predicted molar refractivity (Wildman–Crippen MR) is 81.0 cm³/mol. The molecule has 3 heteroatoms. The second-order valence-corrected chi connectivity index (χ2v) is 4.38. The van der Waals surface area contributed by atoms with Gasteiger partial charge in [0.1, 0.15) is 5.75 Å². The van der Waals surface area contributed by atoms with Gasteiger partial charge in [0.2, 0.25) is 0 Å². The van der Waals surface area contributed by atoms with Crippen molar-refractivity contribution in [3.8, 4) is 5.75 Å². The average Bonchev–Trinajstić information content (AvgIpc) is 2.46. The lowest BCUT2D eigenvalue weighted by Crippen LogP contribution is -2.02. The van der Waals surface area contributed by atoms with E-state index in [-0.39, 0.29) is 0 Å². The van der Waals surface area contributed by atoms with E-state index in [4.69, 9.17) is 4.74 Å². The van der Waals surface area contributed by atoms with Gasteiger partial charge in [-0.05, 0) is 23.3 Å². The fraction of sp³-hybridized carbons (Fsp3) is 0.312.